The van der Waals surface area contributed by atoms with E-state index in [1.165, 1.54) is 21.3 Å². The predicted molar refractivity (Wildman–Crippen MR) is 102 cm³/mol. The number of rotatable bonds is 9. The SMILES string of the molecule is COc1ccc(CCNC(=O)c2ccc(OC)c(OC)c2OC)cc1OC. The molecule has 146 valence electrons. The Bertz CT molecular complexity index is 790. The monoisotopic (exact) mass is 375 g/mol. The molecule has 7 heteroatoms. The Morgan fingerprint density at radius 2 is 1.41 bits per heavy atom. The lowest BCUT2D eigenvalue weighted by Crippen LogP contribution is -2.26. The molecule has 0 heterocycles. The van der Waals surface area contributed by atoms with E-state index in [1.54, 1.807) is 26.4 Å². The molecule has 2 aromatic rings. The van der Waals surface area contributed by atoms with Crippen molar-refractivity contribution >= 4 is 5.91 Å². The number of ether oxygens (including phenoxy) is 5. The molecule has 2 aromatic carbocycles. The number of carbonyl (C=O) groups is 1. The third kappa shape index (κ3) is 4.55. The van der Waals surface area contributed by atoms with E-state index in [2.05, 4.69) is 5.32 Å². The highest BCUT2D eigenvalue weighted by atomic mass is 16.5. The predicted octanol–water partition coefficient (Wildman–Crippen LogP) is 2.70. The first kappa shape index (κ1) is 20.2. The van der Waals surface area contributed by atoms with Crippen molar-refractivity contribution in [3.8, 4) is 28.7 Å². The topological polar surface area (TPSA) is 75.3 Å². The molecule has 0 aliphatic heterocycles. The largest absolute Gasteiger partial charge is 0.493 e. The molecular formula is C20H25NO6. The van der Waals surface area contributed by atoms with Crippen molar-refractivity contribution in [3.05, 3.63) is 41.5 Å². The molecule has 0 aliphatic rings. The average molecular weight is 375 g/mol. The molecule has 0 aliphatic carbocycles. The minimum absolute atomic E-state index is 0.256. The molecule has 0 saturated carbocycles. The number of nitrogens with one attached hydrogen (secondary N) is 1. The summed E-state index contributed by atoms with van der Waals surface area (Å²) >= 11 is 0. The lowest BCUT2D eigenvalue weighted by Gasteiger charge is -2.15. The van der Waals surface area contributed by atoms with Gasteiger partial charge in [0.2, 0.25) is 5.75 Å². The number of methoxy groups -OCH3 is 5. The van der Waals surface area contributed by atoms with Gasteiger partial charge >= 0.3 is 0 Å². The third-order valence-electron chi connectivity index (χ3n) is 4.10. The molecule has 1 amide bonds. The zero-order valence-electron chi connectivity index (χ0n) is 16.3. The minimum atomic E-state index is -0.256. The van der Waals surface area contributed by atoms with Gasteiger partial charge in [0.1, 0.15) is 0 Å². The summed E-state index contributed by atoms with van der Waals surface area (Å²) in [5.41, 5.74) is 1.40. The van der Waals surface area contributed by atoms with Gasteiger partial charge in [0, 0.05) is 6.54 Å². The molecule has 0 unspecified atom stereocenters. The maximum Gasteiger partial charge on any atom is 0.255 e. The fourth-order valence-corrected chi connectivity index (χ4v) is 2.73. The smallest absolute Gasteiger partial charge is 0.255 e. The van der Waals surface area contributed by atoms with Crippen molar-refractivity contribution in [1.82, 2.24) is 5.32 Å². The van der Waals surface area contributed by atoms with E-state index < -0.39 is 0 Å². The Balaban J connectivity index is 2.08. The lowest BCUT2D eigenvalue weighted by atomic mass is 10.1. The van der Waals surface area contributed by atoms with E-state index in [0.717, 1.165) is 5.56 Å². The van der Waals surface area contributed by atoms with Gasteiger partial charge in [0.15, 0.2) is 23.0 Å². The standard InChI is InChI=1S/C20H25NO6/c1-23-15-8-6-13(12-17(15)25-3)10-11-21-20(22)14-7-9-16(24-2)19(27-5)18(14)26-4/h6-9,12H,10-11H2,1-5H3,(H,21,22). The van der Waals surface area contributed by atoms with Gasteiger partial charge < -0.3 is 29.0 Å². The Labute approximate surface area is 159 Å². The molecule has 0 aromatic heterocycles. The number of benzene rings is 2. The molecule has 0 radical (unpaired) electrons. The van der Waals surface area contributed by atoms with Crippen LogP contribution in [-0.2, 0) is 6.42 Å². The van der Waals surface area contributed by atoms with Gasteiger partial charge in [-0.1, -0.05) is 6.07 Å². The van der Waals surface area contributed by atoms with Gasteiger partial charge in [-0.05, 0) is 36.2 Å². The van der Waals surface area contributed by atoms with E-state index in [9.17, 15) is 4.79 Å². The molecule has 2 rings (SSSR count). The molecule has 0 saturated heterocycles. The summed E-state index contributed by atoms with van der Waals surface area (Å²) in [5, 5.41) is 2.89. The van der Waals surface area contributed by atoms with Gasteiger partial charge in [0.05, 0.1) is 41.1 Å². The maximum atomic E-state index is 12.6. The van der Waals surface area contributed by atoms with Crippen LogP contribution in [0.5, 0.6) is 28.7 Å². The second kappa shape index (κ2) is 9.56. The zero-order valence-corrected chi connectivity index (χ0v) is 16.3. The van der Waals surface area contributed by atoms with Crippen molar-refractivity contribution in [2.75, 3.05) is 42.1 Å². The summed E-state index contributed by atoms with van der Waals surface area (Å²) < 4.78 is 26.4. The van der Waals surface area contributed by atoms with Crippen LogP contribution in [0.15, 0.2) is 30.3 Å². The van der Waals surface area contributed by atoms with Crippen molar-refractivity contribution in [2.24, 2.45) is 0 Å². The van der Waals surface area contributed by atoms with Gasteiger partial charge in [-0.3, -0.25) is 4.79 Å². The fourth-order valence-electron chi connectivity index (χ4n) is 2.73. The molecule has 27 heavy (non-hydrogen) atoms. The summed E-state index contributed by atoms with van der Waals surface area (Å²) in [5.74, 6) is 2.28. The van der Waals surface area contributed by atoms with Crippen molar-refractivity contribution in [2.45, 2.75) is 6.42 Å². The van der Waals surface area contributed by atoms with Crippen LogP contribution in [0.25, 0.3) is 0 Å². The van der Waals surface area contributed by atoms with Crippen LogP contribution in [0, 0.1) is 0 Å². The summed E-state index contributed by atoms with van der Waals surface area (Å²) in [4.78, 5) is 12.6. The maximum absolute atomic E-state index is 12.6. The molecular weight excluding hydrogens is 350 g/mol. The van der Waals surface area contributed by atoms with E-state index in [0.29, 0.717) is 47.3 Å². The van der Waals surface area contributed by atoms with E-state index in [1.807, 2.05) is 18.2 Å². The Kier molecular flexibility index (Phi) is 7.16. The second-order valence-corrected chi connectivity index (χ2v) is 5.58. The Hall–Kier alpha value is -3.09. The van der Waals surface area contributed by atoms with Crippen LogP contribution >= 0.6 is 0 Å². The molecule has 7 nitrogen and oxygen atoms in total. The lowest BCUT2D eigenvalue weighted by molar-refractivity contribution is 0.0950. The van der Waals surface area contributed by atoms with Crippen LogP contribution in [0.1, 0.15) is 15.9 Å². The second-order valence-electron chi connectivity index (χ2n) is 5.58. The highest BCUT2D eigenvalue weighted by Gasteiger charge is 2.20. The first-order valence-corrected chi connectivity index (χ1v) is 8.37. The van der Waals surface area contributed by atoms with Crippen molar-refractivity contribution < 1.29 is 28.5 Å². The Morgan fingerprint density at radius 1 is 0.778 bits per heavy atom. The van der Waals surface area contributed by atoms with E-state index in [-0.39, 0.29) is 5.91 Å². The normalized spacial score (nSPS) is 10.1. The molecule has 1 N–H and O–H groups in total. The van der Waals surface area contributed by atoms with Gasteiger partial charge in [-0.15, -0.1) is 0 Å². The number of carbonyl (C=O) groups excluding carboxylic acids is 1. The highest BCUT2D eigenvalue weighted by molar-refractivity contribution is 5.98. The number of hydrogen-bond acceptors (Lipinski definition) is 6. The van der Waals surface area contributed by atoms with Crippen LogP contribution in [0.2, 0.25) is 0 Å². The minimum Gasteiger partial charge on any atom is -0.493 e. The number of amides is 1. The zero-order chi connectivity index (χ0) is 19.8. The van der Waals surface area contributed by atoms with E-state index in [4.69, 9.17) is 23.7 Å². The van der Waals surface area contributed by atoms with Gasteiger partial charge in [0.25, 0.3) is 5.91 Å². The van der Waals surface area contributed by atoms with Crippen molar-refractivity contribution in [3.63, 3.8) is 0 Å². The Morgan fingerprint density at radius 3 is 2.00 bits per heavy atom. The third-order valence-corrected chi connectivity index (χ3v) is 4.10. The summed E-state index contributed by atoms with van der Waals surface area (Å²) in [6, 6.07) is 8.98. The van der Waals surface area contributed by atoms with Crippen LogP contribution in [-0.4, -0.2) is 48.0 Å². The molecule has 0 spiro atoms. The number of hydrogen-bond donors (Lipinski definition) is 1. The van der Waals surface area contributed by atoms with E-state index >= 15 is 0 Å². The quantitative estimate of drug-likeness (QED) is 0.726. The van der Waals surface area contributed by atoms with Crippen LogP contribution < -0.4 is 29.0 Å². The van der Waals surface area contributed by atoms with Crippen molar-refractivity contribution in [1.29, 1.82) is 0 Å². The van der Waals surface area contributed by atoms with Crippen LogP contribution in [0.4, 0.5) is 0 Å². The fraction of sp³-hybridized carbons (Fsp3) is 0.350. The molecule has 0 atom stereocenters. The summed E-state index contributed by atoms with van der Waals surface area (Å²) in [6.07, 6.45) is 0.641. The summed E-state index contributed by atoms with van der Waals surface area (Å²) in [7, 11) is 7.69. The first-order valence-electron chi connectivity index (χ1n) is 8.37. The van der Waals surface area contributed by atoms with Gasteiger partial charge in [-0.2, -0.15) is 0 Å². The molecule has 0 fully saturated rings. The summed E-state index contributed by atoms with van der Waals surface area (Å²) in [6.45, 7) is 0.450. The highest BCUT2D eigenvalue weighted by Crippen LogP contribution is 2.39. The first-order chi connectivity index (χ1) is 13.1. The van der Waals surface area contributed by atoms with Gasteiger partial charge in [-0.25, -0.2) is 0 Å². The van der Waals surface area contributed by atoms with Crippen LogP contribution in [0.3, 0.4) is 0 Å². The average Bonchev–Trinajstić information content (AvgIpc) is 2.71. The molecule has 0 bridgehead atoms.